The van der Waals surface area contributed by atoms with Crippen molar-refractivity contribution in [3.8, 4) is 11.3 Å². The molecule has 0 fully saturated rings. The van der Waals surface area contributed by atoms with E-state index in [0.717, 1.165) is 35.5 Å². The normalized spacial score (nSPS) is 13.1. The summed E-state index contributed by atoms with van der Waals surface area (Å²) in [5.74, 6) is -0.0311. The number of sulfone groups is 1. The van der Waals surface area contributed by atoms with Gasteiger partial charge in [0.25, 0.3) is 15.7 Å². The molecule has 0 spiro atoms. The quantitative estimate of drug-likeness (QED) is 0.603. The first kappa shape index (κ1) is 21.6. The summed E-state index contributed by atoms with van der Waals surface area (Å²) in [5.41, 5.74) is -3.66. The van der Waals surface area contributed by atoms with Crippen LogP contribution in [-0.2, 0) is 9.84 Å². The van der Waals surface area contributed by atoms with E-state index >= 15 is 0 Å². The molecular weight excluding hydrogens is 419 g/mol. The van der Waals surface area contributed by atoms with Crippen molar-refractivity contribution >= 4 is 15.7 Å². The number of imidazole rings is 1. The Morgan fingerprint density at radius 2 is 1.73 bits per heavy atom. The van der Waals surface area contributed by atoms with E-state index in [1.54, 1.807) is 6.20 Å². The van der Waals surface area contributed by atoms with E-state index in [1.807, 2.05) is 37.3 Å². The molecule has 0 bridgehead atoms. The van der Waals surface area contributed by atoms with Crippen LogP contribution in [0.15, 0.2) is 65.7 Å². The number of rotatable bonds is 6. The van der Waals surface area contributed by atoms with Gasteiger partial charge in [-0.3, -0.25) is 4.79 Å². The Balaban J connectivity index is 1.75. The molecule has 1 heterocycles. The van der Waals surface area contributed by atoms with Crippen molar-refractivity contribution in [3.63, 3.8) is 0 Å². The van der Waals surface area contributed by atoms with Crippen LogP contribution in [0, 0.1) is 0 Å². The molecule has 1 unspecified atom stereocenters. The fourth-order valence-corrected chi connectivity index (χ4v) is 3.56. The molecule has 10 heteroatoms. The van der Waals surface area contributed by atoms with E-state index in [9.17, 15) is 26.4 Å². The van der Waals surface area contributed by atoms with Gasteiger partial charge in [-0.25, -0.2) is 13.4 Å². The van der Waals surface area contributed by atoms with Crippen LogP contribution in [0.3, 0.4) is 0 Å². The number of carbonyl (C=O) groups excluding carboxylic acids is 1. The minimum Gasteiger partial charge on any atom is -0.342 e. The highest BCUT2D eigenvalue weighted by Gasteiger charge is 2.46. The number of alkyl halides is 3. The summed E-state index contributed by atoms with van der Waals surface area (Å²) in [6.45, 7) is 1.84. The SMILES string of the molecule is CCC(NC(=O)c1ccc(S(=O)(=O)C(F)(F)F)cc1)c1ncc(-c2ccccc2)[nH]1. The number of hydrogen-bond acceptors (Lipinski definition) is 4. The third-order valence-electron chi connectivity index (χ3n) is 4.46. The molecule has 3 rings (SSSR count). The monoisotopic (exact) mass is 437 g/mol. The van der Waals surface area contributed by atoms with E-state index < -0.39 is 32.2 Å². The highest BCUT2D eigenvalue weighted by atomic mass is 32.2. The Morgan fingerprint density at radius 3 is 2.30 bits per heavy atom. The number of H-pyrrole nitrogens is 1. The van der Waals surface area contributed by atoms with Crippen molar-refractivity contribution in [2.75, 3.05) is 0 Å². The van der Waals surface area contributed by atoms with Gasteiger partial charge in [-0.1, -0.05) is 37.3 Å². The van der Waals surface area contributed by atoms with E-state index in [2.05, 4.69) is 15.3 Å². The van der Waals surface area contributed by atoms with Gasteiger partial charge in [0, 0.05) is 5.56 Å². The third-order valence-corrected chi connectivity index (χ3v) is 5.96. The number of nitrogens with one attached hydrogen (secondary N) is 2. The van der Waals surface area contributed by atoms with E-state index in [4.69, 9.17) is 0 Å². The van der Waals surface area contributed by atoms with Gasteiger partial charge in [0.2, 0.25) is 0 Å². The average molecular weight is 437 g/mol. The molecule has 158 valence electrons. The molecule has 6 nitrogen and oxygen atoms in total. The lowest BCUT2D eigenvalue weighted by atomic mass is 10.1. The van der Waals surface area contributed by atoms with Gasteiger partial charge in [-0.05, 0) is 36.2 Å². The van der Waals surface area contributed by atoms with Gasteiger partial charge in [-0.15, -0.1) is 0 Å². The summed E-state index contributed by atoms with van der Waals surface area (Å²) in [6.07, 6.45) is 2.16. The predicted octanol–water partition coefficient (Wildman–Crippen LogP) is 4.25. The number of hydrogen-bond donors (Lipinski definition) is 2. The number of benzene rings is 2. The minimum absolute atomic E-state index is 0.0319. The number of halogens is 3. The number of carbonyl (C=O) groups is 1. The topological polar surface area (TPSA) is 91.9 Å². The lowest BCUT2D eigenvalue weighted by molar-refractivity contribution is -0.0436. The second-order valence-electron chi connectivity index (χ2n) is 6.46. The van der Waals surface area contributed by atoms with Crippen LogP contribution in [0.5, 0.6) is 0 Å². The van der Waals surface area contributed by atoms with Crippen molar-refractivity contribution in [2.45, 2.75) is 29.8 Å². The summed E-state index contributed by atoms with van der Waals surface area (Å²) in [6, 6.07) is 12.6. The highest BCUT2D eigenvalue weighted by Crippen LogP contribution is 2.30. The molecule has 0 saturated heterocycles. The highest BCUT2D eigenvalue weighted by molar-refractivity contribution is 7.92. The fraction of sp³-hybridized carbons (Fsp3) is 0.200. The molecule has 0 aliphatic rings. The average Bonchev–Trinajstić information content (AvgIpc) is 3.22. The Kier molecular flexibility index (Phi) is 5.97. The van der Waals surface area contributed by atoms with Crippen LogP contribution in [0.25, 0.3) is 11.3 Å². The molecule has 2 N–H and O–H groups in total. The molecule has 1 amide bonds. The zero-order chi connectivity index (χ0) is 21.9. The zero-order valence-electron chi connectivity index (χ0n) is 15.8. The van der Waals surface area contributed by atoms with Crippen LogP contribution in [0.2, 0.25) is 0 Å². The van der Waals surface area contributed by atoms with E-state index in [1.165, 1.54) is 0 Å². The second-order valence-corrected chi connectivity index (χ2v) is 8.40. The predicted molar refractivity (Wildman–Crippen MR) is 104 cm³/mol. The van der Waals surface area contributed by atoms with Crippen molar-refractivity contribution in [2.24, 2.45) is 0 Å². The lowest BCUT2D eigenvalue weighted by Gasteiger charge is -2.15. The molecule has 3 aromatic rings. The first-order valence-corrected chi connectivity index (χ1v) is 10.4. The molecular formula is C20H18F3N3O3S. The molecule has 0 aliphatic carbocycles. The van der Waals surface area contributed by atoms with Crippen LogP contribution in [-0.4, -0.2) is 29.8 Å². The van der Waals surface area contributed by atoms with Crippen molar-refractivity contribution < 1.29 is 26.4 Å². The van der Waals surface area contributed by atoms with Gasteiger partial charge >= 0.3 is 5.51 Å². The van der Waals surface area contributed by atoms with Crippen molar-refractivity contribution in [1.82, 2.24) is 15.3 Å². The Hall–Kier alpha value is -3.14. The maximum atomic E-state index is 12.6. The van der Waals surface area contributed by atoms with Gasteiger partial charge < -0.3 is 10.3 Å². The maximum absolute atomic E-state index is 12.6. The lowest BCUT2D eigenvalue weighted by Crippen LogP contribution is -2.29. The van der Waals surface area contributed by atoms with Gasteiger partial charge in [0.05, 0.1) is 22.8 Å². The smallest absolute Gasteiger partial charge is 0.342 e. The summed E-state index contributed by atoms with van der Waals surface area (Å²) in [4.78, 5) is 19.0. The molecule has 0 aliphatic heterocycles. The number of nitrogens with zero attached hydrogens (tertiary/aromatic N) is 1. The zero-order valence-corrected chi connectivity index (χ0v) is 16.6. The third kappa shape index (κ3) is 4.38. The standard InChI is InChI=1S/C20H18F3N3O3S/c1-2-16(18-24-12-17(25-18)13-6-4-3-5-7-13)26-19(27)14-8-10-15(11-9-14)30(28,29)20(21,22)23/h3-12,16H,2H2,1H3,(H,24,25)(H,26,27). The molecule has 0 saturated carbocycles. The summed E-state index contributed by atoms with van der Waals surface area (Å²) in [7, 11) is -5.46. The van der Waals surface area contributed by atoms with Gasteiger partial charge in [0.15, 0.2) is 0 Å². The number of aromatic amines is 1. The Labute approximate surface area is 171 Å². The number of amides is 1. The number of aromatic nitrogens is 2. The first-order chi connectivity index (χ1) is 14.1. The summed E-state index contributed by atoms with van der Waals surface area (Å²) >= 11 is 0. The Morgan fingerprint density at radius 1 is 1.10 bits per heavy atom. The molecule has 0 radical (unpaired) electrons. The van der Waals surface area contributed by atoms with Crippen LogP contribution in [0.1, 0.15) is 35.6 Å². The minimum atomic E-state index is -5.46. The molecule has 2 aromatic carbocycles. The Bertz CT molecular complexity index is 1130. The molecule has 1 atom stereocenters. The van der Waals surface area contributed by atoms with Crippen molar-refractivity contribution in [3.05, 3.63) is 72.2 Å². The van der Waals surface area contributed by atoms with Crippen molar-refractivity contribution in [1.29, 1.82) is 0 Å². The van der Waals surface area contributed by atoms with Crippen LogP contribution >= 0.6 is 0 Å². The molecule has 1 aromatic heterocycles. The van der Waals surface area contributed by atoms with Crippen LogP contribution in [0.4, 0.5) is 13.2 Å². The first-order valence-electron chi connectivity index (χ1n) is 8.96. The van der Waals surface area contributed by atoms with Gasteiger partial charge in [-0.2, -0.15) is 13.2 Å². The maximum Gasteiger partial charge on any atom is 0.501 e. The molecule has 30 heavy (non-hydrogen) atoms. The van der Waals surface area contributed by atoms with E-state index in [-0.39, 0.29) is 5.56 Å². The van der Waals surface area contributed by atoms with Crippen LogP contribution < -0.4 is 5.32 Å². The summed E-state index contributed by atoms with van der Waals surface area (Å²) in [5, 5.41) is 2.75. The fourth-order valence-electron chi connectivity index (χ4n) is 2.80. The summed E-state index contributed by atoms with van der Waals surface area (Å²) < 4.78 is 60.7. The largest absolute Gasteiger partial charge is 0.501 e. The second kappa shape index (κ2) is 8.31. The van der Waals surface area contributed by atoms with E-state index in [0.29, 0.717) is 12.2 Å². The van der Waals surface area contributed by atoms with Gasteiger partial charge in [0.1, 0.15) is 5.82 Å².